The van der Waals surface area contributed by atoms with Gasteiger partial charge in [-0.05, 0) is 81.1 Å². The van der Waals surface area contributed by atoms with E-state index in [0.29, 0.717) is 16.9 Å². The molecule has 1 fully saturated rings. The number of carbonyl (C=O) groups excluding carboxylic acids is 1. The third-order valence-corrected chi connectivity index (χ3v) is 4.47. The van der Waals surface area contributed by atoms with E-state index in [9.17, 15) is 4.79 Å². The van der Waals surface area contributed by atoms with Crippen LogP contribution in [0.2, 0.25) is 5.02 Å². The lowest BCUT2D eigenvalue weighted by molar-refractivity contribution is -0.122. The van der Waals surface area contributed by atoms with Crippen molar-refractivity contribution in [2.75, 3.05) is 5.32 Å². The van der Waals surface area contributed by atoms with Gasteiger partial charge in [-0.15, -0.1) is 0 Å². The molecule has 2 aromatic rings. The van der Waals surface area contributed by atoms with Gasteiger partial charge in [0.05, 0.1) is 6.10 Å². The van der Waals surface area contributed by atoms with Gasteiger partial charge in [-0.25, -0.2) is 0 Å². The fourth-order valence-corrected chi connectivity index (χ4v) is 2.96. The molecule has 1 amide bonds. The molecule has 0 spiro atoms. The monoisotopic (exact) mass is 359 g/mol. The number of rotatable bonds is 6. The van der Waals surface area contributed by atoms with Gasteiger partial charge >= 0.3 is 0 Å². The van der Waals surface area contributed by atoms with E-state index < -0.39 is 6.10 Å². The van der Waals surface area contributed by atoms with Crippen molar-refractivity contribution in [3.8, 4) is 11.5 Å². The standard InChI is InChI=1S/C20H22ClNO3/c1-14(24-18-10-6-15(21)7-11-18)20(23)22-16-8-12-19(13-9-16)25-17-4-2-3-5-17/h6-14,17H,2-5H2,1H3,(H,22,23). The summed E-state index contributed by atoms with van der Waals surface area (Å²) < 4.78 is 11.5. The summed E-state index contributed by atoms with van der Waals surface area (Å²) in [5.41, 5.74) is 0.718. The number of anilines is 1. The van der Waals surface area contributed by atoms with Crippen LogP contribution in [0.1, 0.15) is 32.6 Å². The molecule has 0 aromatic heterocycles. The van der Waals surface area contributed by atoms with Crippen molar-refractivity contribution in [1.82, 2.24) is 0 Å². The maximum absolute atomic E-state index is 12.3. The number of amides is 1. The molecular weight excluding hydrogens is 338 g/mol. The van der Waals surface area contributed by atoms with Crippen LogP contribution >= 0.6 is 11.6 Å². The lowest BCUT2D eigenvalue weighted by Gasteiger charge is -2.16. The Balaban J connectivity index is 1.51. The fraction of sp³-hybridized carbons (Fsp3) is 0.350. The zero-order valence-corrected chi connectivity index (χ0v) is 15.0. The molecule has 3 rings (SSSR count). The van der Waals surface area contributed by atoms with Crippen LogP contribution in [0.3, 0.4) is 0 Å². The average molecular weight is 360 g/mol. The van der Waals surface area contributed by atoms with Gasteiger partial charge in [0.1, 0.15) is 11.5 Å². The number of ether oxygens (including phenoxy) is 2. The Hall–Kier alpha value is -2.20. The molecule has 0 heterocycles. The molecule has 0 bridgehead atoms. The van der Waals surface area contributed by atoms with Crippen LogP contribution in [0.4, 0.5) is 5.69 Å². The average Bonchev–Trinajstić information content (AvgIpc) is 3.11. The number of halogens is 1. The molecule has 25 heavy (non-hydrogen) atoms. The summed E-state index contributed by atoms with van der Waals surface area (Å²) in [6, 6.07) is 14.4. The SMILES string of the molecule is CC(Oc1ccc(Cl)cc1)C(=O)Nc1ccc(OC2CCCC2)cc1. The Morgan fingerprint density at radius 1 is 1.04 bits per heavy atom. The minimum atomic E-state index is -0.615. The molecule has 1 unspecified atom stereocenters. The minimum Gasteiger partial charge on any atom is -0.490 e. The van der Waals surface area contributed by atoms with Gasteiger partial charge in [0.2, 0.25) is 0 Å². The Bertz CT molecular complexity index is 694. The number of benzene rings is 2. The molecule has 1 aliphatic rings. The van der Waals surface area contributed by atoms with Crippen LogP contribution in [-0.4, -0.2) is 18.1 Å². The third kappa shape index (κ3) is 5.13. The summed E-state index contributed by atoms with van der Waals surface area (Å²) in [7, 11) is 0. The maximum atomic E-state index is 12.3. The molecule has 1 atom stereocenters. The lowest BCUT2D eigenvalue weighted by Crippen LogP contribution is -2.30. The van der Waals surface area contributed by atoms with Gasteiger partial charge in [-0.2, -0.15) is 0 Å². The summed E-state index contributed by atoms with van der Waals surface area (Å²) >= 11 is 5.84. The molecule has 4 nitrogen and oxygen atoms in total. The van der Waals surface area contributed by atoms with Crippen molar-refractivity contribution in [3.63, 3.8) is 0 Å². The van der Waals surface area contributed by atoms with Crippen molar-refractivity contribution >= 4 is 23.2 Å². The molecule has 0 saturated heterocycles. The smallest absolute Gasteiger partial charge is 0.265 e. The van der Waals surface area contributed by atoms with Gasteiger partial charge in [0, 0.05) is 10.7 Å². The highest BCUT2D eigenvalue weighted by molar-refractivity contribution is 6.30. The second-order valence-corrected chi connectivity index (χ2v) is 6.69. The zero-order valence-electron chi connectivity index (χ0n) is 14.2. The molecule has 5 heteroatoms. The van der Waals surface area contributed by atoms with Crippen molar-refractivity contribution in [3.05, 3.63) is 53.6 Å². The first-order chi connectivity index (χ1) is 12.1. The van der Waals surface area contributed by atoms with Crippen molar-refractivity contribution in [2.24, 2.45) is 0 Å². The predicted molar refractivity (Wildman–Crippen MR) is 99.5 cm³/mol. The van der Waals surface area contributed by atoms with E-state index in [1.807, 2.05) is 24.3 Å². The van der Waals surface area contributed by atoms with E-state index in [-0.39, 0.29) is 5.91 Å². The molecule has 132 valence electrons. The van der Waals surface area contributed by atoms with Crippen molar-refractivity contribution < 1.29 is 14.3 Å². The van der Waals surface area contributed by atoms with Gasteiger partial charge in [-0.1, -0.05) is 11.6 Å². The summed E-state index contributed by atoms with van der Waals surface area (Å²) in [5, 5.41) is 3.48. The normalized spacial score (nSPS) is 15.6. The van der Waals surface area contributed by atoms with Crippen molar-refractivity contribution in [2.45, 2.75) is 44.8 Å². The number of hydrogen-bond donors (Lipinski definition) is 1. The number of hydrogen-bond acceptors (Lipinski definition) is 3. The van der Waals surface area contributed by atoms with Crippen LogP contribution in [0.15, 0.2) is 48.5 Å². The highest BCUT2D eigenvalue weighted by Crippen LogP contribution is 2.25. The van der Waals surface area contributed by atoms with Crippen LogP contribution in [0, 0.1) is 0 Å². The Morgan fingerprint density at radius 2 is 1.64 bits per heavy atom. The van der Waals surface area contributed by atoms with E-state index >= 15 is 0 Å². The zero-order chi connectivity index (χ0) is 17.6. The lowest BCUT2D eigenvalue weighted by atomic mass is 10.2. The van der Waals surface area contributed by atoms with E-state index in [0.717, 1.165) is 24.3 Å². The summed E-state index contributed by atoms with van der Waals surface area (Å²) in [6.45, 7) is 1.71. The van der Waals surface area contributed by atoms with Crippen LogP contribution in [0.25, 0.3) is 0 Å². The van der Waals surface area contributed by atoms with Gasteiger partial charge < -0.3 is 14.8 Å². The molecule has 1 N–H and O–H groups in total. The first-order valence-electron chi connectivity index (χ1n) is 8.60. The van der Waals surface area contributed by atoms with Gasteiger partial charge in [0.25, 0.3) is 5.91 Å². The Morgan fingerprint density at radius 3 is 2.28 bits per heavy atom. The molecular formula is C20H22ClNO3. The summed E-state index contributed by atoms with van der Waals surface area (Å²) in [6.07, 6.45) is 4.44. The largest absolute Gasteiger partial charge is 0.490 e. The maximum Gasteiger partial charge on any atom is 0.265 e. The van der Waals surface area contributed by atoms with E-state index in [4.69, 9.17) is 21.1 Å². The highest BCUT2D eigenvalue weighted by Gasteiger charge is 2.17. The number of nitrogens with one attached hydrogen (secondary N) is 1. The number of carbonyl (C=O) groups is 1. The Labute approximate surface area is 153 Å². The first kappa shape index (κ1) is 17.6. The van der Waals surface area contributed by atoms with Crippen LogP contribution in [0.5, 0.6) is 11.5 Å². The second kappa shape index (κ2) is 8.26. The quantitative estimate of drug-likeness (QED) is 0.783. The topological polar surface area (TPSA) is 47.6 Å². The Kier molecular flexibility index (Phi) is 5.82. The molecule has 0 radical (unpaired) electrons. The minimum absolute atomic E-state index is 0.209. The first-order valence-corrected chi connectivity index (χ1v) is 8.98. The summed E-state index contributed by atoms with van der Waals surface area (Å²) in [4.78, 5) is 12.3. The van der Waals surface area contributed by atoms with Crippen LogP contribution < -0.4 is 14.8 Å². The molecule has 1 saturated carbocycles. The van der Waals surface area contributed by atoms with E-state index in [1.54, 1.807) is 31.2 Å². The van der Waals surface area contributed by atoms with Crippen LogP contribution in [-0.2, 0) is 4.79 Å². The van der Waals surface area contributed by atoms with Gasteiger partial charge in [-0.3, -0.25) is 4.79 Å². The predicted octanol–water partition coefficient (Wildman–Crippen LogP) is 5.07. The fourth-order valence-electron chi connectivity index (χ4n) is 2.83. The molecule has 2 aromatic carbocycles. The van der Waals surface area contributed by atoms with E-state index in [1.165, 1.54) is 12.8 Å². The third-order valence-electron chi connectivity index (χ3n) is 4.22. The van der Waals surface area contributed by atoms with E-state index in [2.05, 4.69) is 5.32 Å². The van der Waals surface area contributed by atoms with Crippen molar-refractivity contribution in [1.29, 1.82) is 0 Å². The molecule has 1 aliphatic carbocycles. The highest BCUT2D eigenvalue weighted by atomic mass is 35.5. The summed E-state index contributed by atoms with van der Waals surface area (Å²) in [5.74, 6) is 1.24. The second-order valence-electron chi connectivity index (χ2n) is 6.25. The molecule has 0 aliphatic heterocycles. The van der Waals surface area contributed by atoms with Gasteiger partial charge in [0.15, 0.2) is 6.10 Å².